The number of hydrogen-bond acceptors (Lipinski definition) is 3. The zero-order valence-corrected chi connectivity index (χ0v) is 22.2. The minimum Gasteiger partial charge on any atom is -0.357 e. The van der Waals surface area contributed by atoms with E-state index in [1.165, 1.54) is 9.80 Å². The predicted octanol–water partition coefficient (Wildman–Crippen LogP) is 5.49. The molecule has 0 saturated carbocycles. The third kappa shape index (κ3) is 4.97. The van der Waals surface area contributed by atoms with E-state index in [0.29, 0.717) is 33.3 Å². The molecule has 1 heterocycles. The number of carbonyl (C=O) groups is 3. The van der Waals surface area contributed by atoms with Crippen LogP contribution in [0.1, 0.15) is 21.5 Å². The van der Waals surface area contributed by atoms with Gasteiger partial charge in [-0.2, -0.15) is 0 Å². The molecule has 192 valence electrons. The van der Waals surface area contributed by atoms with E-state index in [4.69, 9.17) is 23.2 Å². The number of anilines is 1. The third-order valence-corrected chi connectivity index (χ3v) is 7.40. The number of nitrogens with one attached hydrogen (secondary N) is 1. The normalized spacial score (nSPS) is 13.0. The number of hydrogen-bond donors (Lipinski definition) is 1. The van der Waals surface area contributed by atoms with Gasteiger partial charge in [0.1, 0.15) is 12.6 Å². The molecule has 0 aliphatic carbocycles. The standard InChI is InChI=1S/C30H25Cl2N3O3/c1-33-29(37)26(15-19-7-3-2-4-8-19)34(17-21-13-14-22(31)16-24(21)32)27(36)18-35-25-12-6-10-20-9-5-11-23(28(20)25)30(35)38/h2-14,16,26H,15,17-18H2,1H3,(H,33,37)/t26-/m0/s1. The van der Waals surface area contributed by atoms with Crippen LogP contribution in [0.2, 0.25) is 10.0 Å². The fraction of sp³-hybridized carbons (Fsp3) is 0.167. The molecule has 0 unspecified atom stereocenters. The van der Waals surface area contributed by atoms with E-state index >= 15 is 0 Å². The molecule has 0 bridgehead atoms. The Bertz CT molecular complexity index is 1540. The van der Waals surface area contributed by atoms with E-state index in [1.54, 1.807) is 31.3 Å². The van der Waals surface area contributed by atoms with Gasteiger partial charge in [0.05, 0.1) is 5.69 Å². The van der Waals surface area contributed by atoms with Gasteiger partial charge in [-0.25, -0.2) is 0 Å². The van der Waals surface area contributed by atoms with Gasteiger partial charge in [-0.1, -0.05) is 83.9 Å². The lowest BCUT2D eigenvalue weighted by Gasteiger charge is -2.33. The van der Waals surface area contributed by atoms with E-state index in [9.17, 15) is 14.4 Å². The fourth-order valence-electron chi connectivity index (χ4n) is 4.92. The van der Waals surface area contributed by atoms with Crippen molar-refractivity contribution in [2.24, 2.45) is 0 Å². The van der Waals surface area contributed by atoms with E-state index < -0.39 is 6.04 Å². The average molecular weight is 546 g/mol. The summed E-state index contributed by atoms with van der Waals surface area (Å²) in [7, 11) is 1.54. The number of nitrogens with zero attached hydrogens (tertiary/aromatic N) is 2. The largest absolute Gasteiger partial charge is 0.357 e. The quantitative estimate of drug-likeness (QED) is 0.318. The van der Waals surface area contributed by atoms with Crippen LogP contribution in [0.3, 0.4) is 0 Å². The molecule has 8 heteroatoms. The fourth-order valence-corrected chi connectivity index (χ4v) is 5.38. The summed E-state index contributed by atoms with van der Waals surface area (Å²) in [6, 6.07) is 24.9. The Morgan fingerprint density at radius 3 is 2.39 bits per heavy atom. The first kappa shape index (κ1) is 25.8. The summed E-state index contributed by atoms with van der Waals surface area (Å²) >= 11 is 12.6. The molecule has 3 amide bonds. The highest BCUT2D eigenvalue weighted by Crippen LogP contribution is 2.37. The Balaban J connectivity index is 1.52. The average Bonchev–Trinajstić information content (AvgIpc) is 3.19. The number of halogens is 2. The first-order valence-electron chi connectivity index (χ1n) is 12.2. The monoisotopic (exact) mass is 545 g/mol. The molecule has 0 saturated heterocycles. The Morgan fingerprint density at radius 1 is 0.947 bits per heavy atom. The number of rotatable bonds is 8. The maximum Gasteiger partial charge on any atom is 0.259 e. The maximum atomic E-state index is 14.0. The maximum absolute atomic E-state index is 14.0. The number of likely N-dealkylation sites (N-methyl/N-ethyl adjacent to an activating group) is 1. The summed E-state index contributed by atoms with van der Waals surface area (Å²) < 4.78 is 0. The van der Waals surface area contributed by atoms with Crippen LogP contribution in [0, 0.1) is 0 Å². The summed E-state index contributed by atoms with van der Waals surface area (Å²) in [4.78, 5) is 43.6. The van der Waals surface area contributed by atoms with Gasteiger partial charge in [0.25, 0.3) is 5.91 Å². The minimum absolute atomic E-state index is 0.0684. The molecule has 38 heavy (non-hydrogen) atoms. The predicted molar refractivity (Wildman–Crippen MR) is 151 cm³/mol. The molecule has 4 aromatic rings. The SMILES string of the molecule is CNC(=O)[C@H](Cc1ccccc1)N(Cc1ccc(Cl)cc1Cl)C(=O)CN1C(=O)c2cccc3cccc1c23. The van der Waals surface area contributed by atoms with Crippen molar-refractivity contribution in [1.82, 2.24) is 10.2 Å². The molecular formula is C30H25Cl2N3O3. The summed E-state index contributed by atoms with van der Waals surface area (Å²) in [6.45, 7) is -0.154. The Hall–Kier alpha value is -3.87. The molecule has 0 spiro atoms. The first-order chi connectivity index (χ1) is 18.4. The summed E-state index contributed by atoms with van der Waals surface area (Å²) in [5.74, 6) is -0.932. The van der Waals surface area contributed by atoms with Gasteiger partial charge in [-0.05, 0) is 40.8 Å². The topological polar surface area (TPSA) is 69.7 Å². The van der Waals surface area contributed by atoms with Crippen LogP contribution in [0.15, 0.2) is 84.9 Å². The van der Waals surface area contributed by atoms with Gasteiger partial charge in [-0.3, -0.25) is 19.3 Å². The number of benzene rings is 4. The van der Waals surface area contributed by atoms with Crippen LogP contribution >= 0.6 is 23.2 Å². The zero-order chi connectivity index (χ0) is 26.8. The van der Waals surface area contributed by atoms with Gasteiger partial charge in [0, 0.05) is 41.0 Å². The first-order valence-corrected chi connectivity index (χ1v) is 13.0. The van der Waals surface area contributed by atoms with Crippen molar-refractivity contribution in [3.05, 3.63) is 112 Å². The van der Waals surface area contributed by atoms with E-state index in [1.807, 2.05) is 60.7 Å². The second kappa shape index (κ2) is 10.9. The summed E-state index contributed by atoms with van der Waals surface area (Å²) in [5.41, 5.74) is 2.78. The molecule has 6 nitrogen and oxygen atoms in total. The summed E-state index contributed by atoms with van der Waals surface area (Å²) in [6.07, 6.45) is 0.293. The van der Waals surface area contributed by atoms with Crippen molar-refractivity contribution in [2.75, 3.05) is 18.5 Å². The van der Waals surface area contributed by atoms with Crippen molar-refractivity contribution in [3.8, 4) is 0 Å². The Labute approximate surface area is 230 Å². The highest BCUT2D eigenvalue weighted by molar-refractivity contribution is 6.35. The highest BCUT2D eigenvalue weighted by Gasteiger charge is 2.35. The zero-order valence-electron chi connectivity index (χ0n) is 20.7. The molecule has 0 fully saturated rings. The van der Waals surface area contributed by atoms with Gasteiger partial charge in [0.15, 0.2) is 0 Å². The number of carbonyl (C=O) groups excluding carboxylic acids is 3. The van der Waals surface area contributed by atoms with Crippen molar-refractivity contribution in [2.45, 2.75) is 19.0 Å². The Morgan fingerprint density at radius 2 is 1.68 bits per heavy atom. The second-order valence-electron chi connectivity index (χ2n) is 9.15. The third-order valence-electron chi connectivity index (χ3n) is 6.82. The van der Waals surface area contributed by atoms with E-state index in [2.05, 4.69) is 5.32 Å². The molecule has 0 aromatic heterocycles. The Kier molecular flexibility index (Phi) is 7.36. The highest BCUT2D eigenvalue weighted by atomic mass is 35.5. The van der Waals surface area contributed by atoms with Gasteiger partial charge >= 0.3 is 0 Å². The van der Waals surface area contributed by atoms with Crippen LogP contribution < -0.4 is 10.2 Å². The molecule has 1 atom stereocenters. The molecule has 5 rings (SSSR count). The van der Waals surface area contributed by atoms with Gasteiger partial charge < -0.3 is 10.2 Å². The van der Waals surface area contributed by atoms with Crippen LogP contribution in [0.5, 0.6) is 0 Å². The molecule has 1 N–H and O–H groups in total. The van der Waals surface area contributed by atoms with Crippen LogP contribution in [0.25, 0.3) is 10.8 Å². The van der Waals surface area contributed by atoms with Crippen LogP contribution in [-0.2, 0) is 22.6 Å². The smallest absolute Gasteiger partial charge is 0.259 e. The van der Waals surface area contributed by atoms with Crippen molar-refractivity contribution in [1.29, 1.82) is 0 Å². The minimum atomic E-state index is -0.836. The lowest BCUT2D eigenvalue weighted by atomic mass is 10.0. The van der Waals surface area contributed by atoms with Gasteiger partial charge in [-0.15, -0.1) is 0 Å². The lowest BCUT2D eigenvalue weighted by Crippen LogP contribution is -2.52. The molecule has 1 aliphatic heterocycles. The molecule has 0 radical (unpaired) electrons. The molecule has 1 aliphatic rings. The number of amides is 3. The van der Waals surface area contributed by atoms with Crippen molar-refractivity contribution >= 4 is 57.4 Å². The van der Waals surface area contributed by atoms with Crippen LogP contribution in [-0.4, -0.2) is 42.3 Å². The molecule has 4 aromatic carbocycles. The van der Waals surface area contributed by atoms with Crippen LogP contribution in [0.4, 0.5) is 5.69 Å². The van der Waals surface area contributed by atoms with E-state index in [-0.39, 0.29) is 30.8 Å². The van der Waals surface area contributed by atoms with E-state index in [0.717, 1.165) is 16.3 Å². The summed E-state index contributed by atoms with van der Waals surface area (Å²) in [5, 5.41) is 5.31. The van der Waals surface area contributed by atoms with Crippen molar-refractivity contribution < 1.29 is 14.4 Å². The van der Waals surface area contributed by atoms with Gasteiger partial charge in [0.2, 0.25) is 11.8 Å². The lowest BCUT2D eigenvalue weighted by molar-refractivity contribution is -0.140. The second-order valence-corrected chi connectivity index (χ2v) is 9.99. The van der Waals surface area contributed by atoms with Crippen molar-refractivity contribution in [3.63, 3.8) is 0 Å². The molecular weight excluding hydrogens is 521 g/mol.